The molecule has 18 heavy (non-hydrogen) atoms. The maximum atomic E-state index is 11.6. The molecule has 2 amide bonds. The summed E-state index contributed by atoms with van der Waals surface area (Å²) in [4.78, 5) is 26.0. The standard InChI is InChI=1S/C13H17N3O2/c1-15(8-12(14)17)10-4-5-11-9(7-10)3-6-13(18)16(11)2/h4-5,7H,3,6,8H2,1-2H3,(H2,14,17). The minimum absolute atomic E-state index is 0.140. The first-order valence-electron chi connectivity index (χ1n) is 5.88. The molecule has 1 aliphatic heterocycles. The maximum absolute atomic E-state index is 11.6. The first kappa shape index (κ1) is 12.4. The van der Waals surface area contributed by atoms with Crippen LogP contribution < -0.4 is 15.5 Å². The van der Waals surface area contributed by atoms with Crippen molar-refractivity contribution in [3.63, 3.8) is 0 Å². The molecule has 2 N–H and O–H groups in total. The summed E-state index contributed by atoms with van der Waals surface area (Å²) >= 11 is 0. The molecule has 0 atom stereocenters. The highest BCUT2D eigenvalue weighted by atomic mass is 16.2. The van der Waals surface area contributed by atoms with Gasteiger partial charge < -0.3 is 15.5 Å². The van der Waals surface area contributed by atoms with Crippen LogP contribution in [0.3, 0.4) is 0 Å². The topological polar surface area (TPSA) is 66.6 Å². The number of anilines is 2. The van der Waals surface area contributed by atoms with E-state index in [4.69, 9.17) is 5.73 Å². The Hall–Kier alpha value is -2.04. The minimum atomic E-state index is -0.359. The Morgan fingerprint density at radius 2 is 2.17 bits per heavy atom. The van der Waals surface area contributed by atoms with Gasteiger partial charge in [-0.25, -0.2) is 0 Å². The average Bonchev–Trinajstić information content (AvgIpc) is 2.32. The first-order valence-corrected chi connectivity index (χ1v) is 5.88. The van der Waals surface area contributed by atoms with Crippen LogP contribution in [0.2, 0.25) is 0 Å². The van der Waals surface area contributed by atoms with Gasteiger partial charge in [-0.1, -0.05) is 0 Å². The van der Waals surface area contributed by atoms with Crippen LogP contribution in [0.15, 0.2) is 18.2 Å². The number of carbonyl (C=O) groups excluding carboxylic acids is 2. The highest BCUT2D eigenvalue weighted by molar-refractivity contribution is 5.96. The summed E-state index contributed by atoms with van der Waals surface area (Å²) in [5.74, 6) is -0.219. The highest BCUT2D eigenvalue weighted by Crippen LogP contribution is 2.30. The predicted octanol–water partition coefficient (Wildman–Crippen LogP) is 0.517. The van der Waals surface area contributed by atoms with Crippen LogP contribution in [-0.2, 0) is 16.0 Å². The molecule has 0 fully saturated rings. The number of fused-ring (bicyclic) bond motifs is 1. The van der Waals surface area contributed by atoms with E-state index in [2.05, 4.69) is 0 Å². The lowest BCUT2D eigenvalue weighted by Crippen LogP contribution is -2.32. The van der Waals surface area contributed by atoms with E-state index in [-0.39, 0.29) is 18.4 Å². The van der Waals surface area contributed by atoms with Gasteiger partial charge in [0.15, 0.2) is 0 Å². The molecule has 0 bridgehead atoms. The van der Waals surface area contributed by atoms with Crippen LogP contribution in [0.25, 0.3) is 0 Å². The first-order chi connectivity index (χ1) is 8.49. The summed E-state index contributed by atoms with van der Waals surface area (Å²) < 4.78 is 0. The number of likely N-dealkylation sites (N-methyl/N-ethyl adjacent to an activating group) is 1. The molecule has 0 spiro atoms. The van der Waals surface area contributed by atoms with Gasteiger partial charge in [-0.05, 0) is 30.2 Å². The second-order valence-corrected chi connectivity index (χ2v) is 4.59. The fraction of sp³-hybridized carbons (Fsp3) is 0.385. The smallest absolute Gasteiger partial charge is 0.236 e. The van der Waals surface area contributed by atoms with Gasteiger partial charge in [0.05, 0.1) is 6.54 Å². The second kappa shape index (κ2) is 4.68. The van der Waals surface area contributed by atoms with E-state index in [0.717, 1.165) is 23.4 Å². The Morgan fingerprint density at radius 1 is 1.44 bits per heavy atom. The molecule has 0 unspecified atom stereocenters. The van der Waals surface area contributed by atoms with Crippen molar-refractivity contribution in [2.75, 3.05) is 30.4 Å². The van der Waals surface area contributed by atoms with Crippen LogP contribution in [0.1, 0.15) is 12.0 Å². The summed E-state index contributed by atoms with van der Waals surface area (Å²) in [5, 5.41) is 0. The third-order valence-electron chi connectivity index (χ3n) is 3.24. The normalized spacial score (nSPS) is 14.3. The van der Waals surface area contributed by atoms with Crippen molar-refractivity contribution < 1.29 is 9.59 Å². The van der Waals surface area contributed by atoms with Gasteiger partial charge in [0.1, 0.15) is 0 Å². The zero-order valence-electron chi connectivity index (χ0n) is 10.6. The van der Waals surface area contributed by atoms with Crippen molar-refractivity contribution in [2.45, 2.75) is 12.8 Å². The van der Waals surface area contributed by atoms with E-state index >= 15 is 0 Å². The van der Waals surface area contributed by atoms with Gasteiger partial charge in [-0.3, -0.25) is 9.59 Å². The van der Waals surface area contributed by atoms with Gasteiger partial charge in [0, 0.05) is 31.9 Å². The van der Waals surface area contributed by atoms with Gasteiger partial charge in [0.25, 0.3) is 0 Å². The second-order valence-electron chi connectivity index (χ2n) is 4.59. The number of hydrogen-bond donors (Lipinski definition) is 1. The molecule has 1 aromatic rings. The number of nitrogens with two attached hydrogens (primary N) is 1. The number of rotatable bonds is 3. The van der Waals surface area contributed by atoms with Gasteiger partial charge in [0.2, 0.25) is 11.8 Å². The molecule has 1 heterocycles. The monoisotopic (exact) mass is 247 g/mol. The van der Waals surface area contributed by atoms with E-state index < -0.39 is 0 Å². The minimum Gasteiger partial charge on any atom is -0.368 e. The number of benzene rings is 1. The zero-order valence-corrected chi connectivity index (χ0v) is 10.6. The summed E-state index contributed by atoms with van der Waals surface area (Å²) in [6.45, 7) is 0.188. The molecule has 0 radical (unpaired) electrons. The van der Waals surface area contributed by atoms with E-state index in [1.165, 1.54) is 0 Å². The maximum Gasteiger partial charge on any atom is 0.236 e. The SMILES string of the molecule is CN(CC(N)=O)c1ccc2c(c1)CCC(=O)N2C. The zero-order chi connectivity index (χ0) is 13.3. The number of nitrogens with zero attached hydrogens (tertiary/aromatic N) is 2. The predicted molar refractivity (Wildman–Crippen MR) is 70.6 cm³/mol. The van der Waals surface area contributed by atoms with E-state index in [9.17, 15) is 9.59 Å². The molecule has 5 heteroatoms. The summed E-state index contributed by atoms with van der Waals surface area (Å²) in [6.07, 6.45) is 1.28. The molecular formula is C13H17N3O2. The fourth-order valence-electron chi connectivity index (χ4n) is 2.21. The third-order valence-corrected chi connectivity index (χ3v) is 3.24. The molecule has 5 nitrogen and oxygen atoms in total. The summed E-state index contributed by atoms with van der Waals surface area (Å²) in [6, 6.07) is 5.83. The lowest BCUT2D eigenvalue weighted by molar-refractivity contribution is -0.118. The van der Waals surface area contributed by atoms with Crippen molar-refractivity contribution in [1.29, 1.82) is 0 Å². The van der Waals surface area contributed by atoms with Gasteiger partial charge >= 0.3 is 0 Å². The van der Waals surface area contributed by atoms with Crippen molar-refractivity contribution in [1.82, 2.24) is 0 Å². The summed E-state index contributed by atoms with van der Waals surface area (Å²) in [5.41, 5.74) is 8.19. The molecule has 2 rings (SSSR count). The Labute approximate surface area is 106 Å². The number of primary amides is 1. The Morgan fingerprint density at radius 3 is 2.83 bits per heavy atom. The van der Waals surface area contributed by atoms with Crippen molar-refractivity contribution >= 4 is 23.2 Å². The molecule has 0 saturated heterocycles. The lowest BCUT2D eigenvalue weighted by atomic mass is 10.0. The Kier molecular flexibility index (Phi) is 3.23. The molecule has 96 valence electrons. The van der Waals surface area contributed by atoms with Crippen LogP contribution in [-0.4, -0.2) is 32.5 Å². The van der Waals surface area contributed by atoms with E-state index in [1.807, 2.05) is 25.2 Å². The largest absolute Gasteiger partial charge is 0.368 e. The number of carbonyl (C=O) groups is 2. The molecule has 0 aliphatic carbocycles. The fourth-order valence-corrected chi connectivity index (χ4v) is 2.21. The van der Waals surface area contributed by atoms with Gasteiger partial charge in [-0.2, -0.15) is 0 Å². The molecule has 1 aromatic carbocycles. The summed E-state index contributed by atoms with van der Waals surface area (Å²) in [7, 11) is 3.61. The van der Waals surface area contributed by atoms with Crippen molar-refractivity contribution in [3.8, 4) is 0 Å². The van der Waals surface area contributed by atoms with Crippen molar-refractivity contribution in [3.05, 3.63) is 23.8 Å². The van der Waals surface area contributed by atoms with Crippen molar-refractivity contribution in [2.24, 2.45) is 5.73 Å². The quantitative estimate of drug-likeness (QED) is 0.846. The Balaban J connectivity index is 2.28. The van der Waals surface area contributed by atoms with Crippen LogP contribution in [0, 0.1) is 0 Å². The van der Waals surface area contributed by atoms with E-state index in [1.54, 1.807) is 16.8 Å². The number of hydrogen-bond acceptors (Lipinski definition) is 3. The molecule has 0 saturated carbocycles. The third kappa shape index (κ3) is 2.30. The van der Waals surface area contributed by atoms with Crippen LogP contribution in [0.5, 0.6) is 0 Å². The number of aryl methyl sites for hydroxylation is 1. The van der Waals surface area contributed by atoms with Gasteiger partial charge in [-0.15, -0.1) is 0 Å². The van der Waals surface area contributed by atoms with E-state index in [0.29, 0.717) is 6.42 Å². The number of amides is 2. The molecular weight excluding hydrogens is 230 g/mol. The molecule has 0 aromatic heterocycles. The lowest BCUT2D eigenvalue weighted by Gasteiger charge is -2.27. The molecule has 1 aliphatic rings. The highest BCUT2D eigenvalue weighted by Gasteiger charge is 2.21. The average molecular weight is 247 g/mol. The van der Waals surface area contributed by atoms with Crippen LogP contribution >= 0.6 is 0 Å². The van der Waals surface area contributed by atoms with Crippen LogP contribution in [0.4, 0.5) is 11.4 Å². The Bertz CT molecular complexity index is 499.